The van der Waals surface area contributed by atoms with E-state index in [9.17, 15) is 14.7 Å². The summed E-state index contributed by atoms with van der Waals surface area (Å²) in [6.07, 6.45) is 5.93. The summed E-state index contributed by atoms with van der Waals surface area (Å²) in [4.78, 5) is 27.8. The minimum absolute atomic E-state index is 0.155. The fourth-order valence-electron chi connectivity index (χ4n) is 3.16. The van der Waals surface area contributed by atoms with Gasteiger partial charge < -0.3 is 5.11 Å². The lowest BCUT2D eigenvalue weighted by atomic mass is 9.73. The molecule has 4 nitrogen and oxygen atoms in total. The van der Waals surface area contributed by atoms with Gasteiger partial charge in [0.2, 0.25) is 0 Å². The number of rotatable bonds is 4. The number of carboxylic acid groups (broad SMARTS) is 1. The molecule has 4 heteroatoms. The molecular formula is C20H21NO3. The van der Waals surface area contributed by atoms with E-state index in [0.717, 1.165) is 28.6 Å². The van der Waals surface area contributed by atoms with E-state index in [1.807, 2.05) is 30.3 Å². The molecule has 0 spiro atoms. The predicted molar refractivity (Wildman–Crippen MR) is 93.7 cm³/mol. The molecule has 0 amide bonds. The second kappa shape index (κ2) is 6.56. The van der Waals surface area contributed by atoms with Gasteiger partial charge in [0, 0.05) is 23.9 Å². The molecule has 0 saturated heterocycles. The molecule has 0 atom stereocenters. The van der Waals surface area contributed by atoms with Crippen LogP contribution in [0.2, 0.25) is 0 Å². The van der Waals surface area contributed by atoms with Crippen molar-refractivity contribution in [2.24, 2.45) is 5.41 Å². The molecule has 124 valence electrons. The number of carboxylic acids is 1. The summed E-state index contributed by atoms with van der Waals surface area (Å²) in [6.45, 7) is 2.07. The molecule has 1 heterocycles. The van der Waals surface area contributed by atoms with Crippen molar-refractivity contribution in [1.82, 2.24) is 4.98 Å². The third-order valence-electron chi connectivity index (χ3n) is 4.86. The SMILES string of the molecule is CCc1ccc2ccc(/C=C/C3(C(=O)O)CCC(=O)CC3)cc2n1. The number of benzene rings is 1. The summed E-state index contributed by atoms with van der Waals surface area (Å²) in [5.41, 5.74) is 1.96. The summed E-state index contributed by atoms with van der Waals surface area (Å²) in [7, 11) is 0. The van der Waals surface area contributed by atoms with E-state index in [1.54, 1.807) is 6.08 Å². The molecule has 0 bridgehead atoms. The Balaban J connectivity index is 1.90. The average Bonchev–Trinajstić information content (AvgIpc) is 2.60. The van der Waals surface area contributed by atoms with Crippen LogP contribution in [0.1, 0.15) is 43.9 Å². The van der Waals surface area contributed by atoms with Crippen molar-refractivity contribution in [2.45, 2.75) is 39.0 Å². The van der Waals surface area contributed by atoms with Crippen LogP contribution in [0.4, 0.5) is 0 Å². The Bertz CT molecular complexity index is 813. The second-order valence-electron chi connectivity index (χ2n) is 6.44. The number of hydrogen-bond donors (Lipinski definition) is 1. The summed E-state index contributed by atoms with van der Waals surface area (Å²) < 4.78 is 0. The Morgan fingerprint density at radius 3 is 2.62 bits per heavy atom. The molecule has 1 N–H and O–H groups in total. The molecule has 0 unspecified atom stereocenters. The molecule has 0 aliphatic heterocycles. The number of ketones is 1. The minimum Gasteiger partial charge on any atom is -0.481 e. The van der Waals surface area contributed by atoms with Gasteiger partial charge in [-0.2, -0.15) is 0 Å². The summed E-state index contributed by atoms with van der Waals surface area (Å²) in [5, 5.41) is 10.7. The quantitative estimate of drug-likeness (QED) is 0.922. The van der Waals surface area contributed by atoms with E-state index < -0.39 is 11.4 Å². The highest BCUT2D eigenvalue weighted by molar-refractivity contribution is 5.86. The smallest absolute Gasteiger partial charge is 0.313 e. The van der Waals surface area contributed by atoms with Crippen LogP contribution in [0.15, 0.2) is 36.4 Å². The molecule has 2 aromatic rings. The third kappa shape index (κ3) is 3.23. The van der Waals surface area contributed by atoms with Crippen LogP contribution < -0.4 is 0 Å². The Hall–Kier alpha value is -2.49. The first-order valence-corrected chi connectivity index (χ1v) is 8.36. The Kier molecular flexibility index (Phi) is 4.47. The van der Waals surface area contributed by atoms with E-state index in [-0.39, 0.29) is 5.78 Å². The van der Waals surface area contributed by atoms with Crippen LogP contribution in [-0.4, -0.2) is 21.8 Å². The number of pyridine rings is 1. The zero-order valence-electron chi connectivity index (χ0n) is 13.8. The zero-order valence-corrected chi connectivity index (χ0v) is 13.8. The van der Waals surface area contributed by atoms with Gasteiger partial charge in [0.1, 0.15) is 5.78 Å². The van der Waals surface area contributed by atoms with Gasteiger partial charge in [0.05, 0.1) is 10.9 Å². The third-order valence-corrected chi connectivity index (χ3v) is 4.86. The average molecular weight is 323 g/mol. The molecular weight excluding hydrogens is 302 g/mol. The fourth-order valence-corrected chi connectivity index (χ4v) is 3.16. The Morgan fingerprint density at radius 1 is 1.25 bits per heavy atom. The number of carbonyl (C=O) groups is 2. The number of aromatic nitrogens is 1. The first-order chi connectivity index (χ1) is 11.5. The molecule has 1 aliphatic carbocycles. The predicted octanol–water partition coefficient (Wildman–Crippen LogP) is 4.02. The number of nitrogens with zero attached hydrogens (tertiary/aromatic N) is 1. The molecule has 1 saturated carbocycles. The lowest BCUT2D eigenvalue weighted by Gasteiger charge is -2.29. The molecule has 1 aromatic heterocycles. The summed E-state index contributed by atoms with van der Waals surface area (Å²) in [6, 6.07) is 10.0. The highest BCUT2D eigenvalue weighted by Gasteiger charge is 2.39. The highest BCUT2D eigenvalue weighted by atomic mass is 16.4. The number of fused-ring (bicyclic) bond motifs is 1. The van der Waals surface area contributed by atoms with E-state index in [2.05, 4.69) is 18.0 Å². The highest BCUT2D eigenvalue weighted by Crippen LogP contribution is 2.37. The Morgan fingerprint density at radius 2 is 1.96 bits per heavy atom. The molecule has 1 aliphatic rings. The Labute approximate surface area is 141 Å². The van der Waals surface area contributed by atoms with Crippen molar-refractivity contribution in [3.63, 3.8) is 0 Å². The van der Waals surface area contributed by atoms with Crippen molar-refractivity contribution in [3.05, 3.63) is 47.7 Å². The van der Waals surface area contributed by atoms with Crippen molar-refractivity contribution >= 4 is 28.7 Å². The van der Waals surface area contributed by atoms with Gasteiger partial charge in [-0.3, -0.25) is 14.6 Å². The zero-order chi connectivity index (χ0) is 17.2. The van der Waals surface area contributed by atoms with E-state index in [0.29, 0.717) is 25.7 Å². The number of aliphatic carboxylic acids is 1. The largest absolute Gasteiger partial charge is 0.481 e. The summed E-state index contributed by atoms with van der Waals surface area (Å²) in [5.74, 6) is -0.694. The van der Waals surface area contributed by atoms with Gasteiger partial charge in [-0.25, -0.2) is 0 Å². The van der Waals surface area contributed by atoms with Crippen LogP contribution in [0.3, 0.4) is 0 Å². The number of carbonyl (C=O) groups excluding carboxylic acids is 1. The second-order valence-corrected chi connectivity index (χ2v) is 6.44. The molecule has 0 radical (unpaired) electrons. The van der Waals surface area contributed by atoms with Crippen molar-refractivity contribution < 1.29 is 14.7 Å². The van der Waals surface area contributed by atoms with Gasteiger partial charge in [-0.15, -0.1) is 0 Å². The van der Waals surface area contributed by atoms with Gasteiger partial charge in [0.25, 0.3) is 0 Å². The normalized spacial score (nSPS) is 17.5. The summed E-state index contributed by atoms with van der Waals surface area (Å²) >= 11 is 0. The maximum Gasteiger partial charge on any atom is 0.313 e. The van der Waals surface area contributed by atoms with E-state index in [1.165, 1.54) is 0 Å². The topological polar surface area (TPSA) is 67.3 Å². The molecule has 1 fully saturated rings. The van der Waals surface area contributed by atoms with Gasteiger partial charge in [0.15, 0.2) is 0 Å². The monoisotopic (exact) mass is 323 g/mol. The van der Waals surface area contributed by atoms with Crippen LogP contribution in [0, 0.1) is 5.41 Å². The van der Waals surface area contributed by atoms with E-state index >= 15 is 0 Å². The van der Waals surface area contributed by atoms with Crippen molar-refractivity contribution in [2.75, 3.05) is 0 Å². The van der Waals surface area contributed by atoms with Gasteiger partial charge >= 0.3 is 5.97 Å². The van der Waals surface area contributed by atoms with Crippen LogP contribution in [0.25, 0.3) is 17.0 Å². The van der Waals surface area contributed by atoms with E-state index in [4.69, 9.17) is 0 Å². The lowest BCUT2D eigenvalue weighted by Crippen LogP contribution is -2.33. The van der Waals surface area contributed by atoms with Crippen molar-refractivity contribution in [3.8, 4) is 0 Å². The lowest BCUT2D eigenvalue weighted by molar-refractivity contribution is -0.148. The first kappa shape index (κ1) is 16.4. The number of hydrogen-bond acceptors (Lipinski definition) is 3. The first-order valence-electron chi connectivity index (χ1n) is 8.36. The fraction of sp³-hybridized carbons (Fsp3) is 0.350. The number of aryl methyl sites for hydroxylation is 1. The van der Waals surface area contributed by atoms with Gasteiger partial charge in [-0.05, 0) is 37.0 Å². The van der Waals surface area contributed by atoms with Gasteiger partial charge in [-0.1, -0.05) is 37.3 Å². The van der Waals surface area contributed by atoms with Crippen LogP contribution >= 0.6 is 0 Å². The van der Waals surface area contributed by atoms with Crippen LogP contribution in [0.5, 0.6) is 0 Å². The minimum atomic E-state index is -0.929. The van der Waals surface area contributed by atoms with Crippen LogP contribution in [-0.2, 0) is 16.0 Å². The molecule has 24 heavy (non-hydrogen) atoms. The molecule has 1 aromatic carbocycles. The standard InChI is InChI=1S/C20H21NO3/c1-2-16-6-5-15-4-3-14(13-18(15)21-16)7-10-20(19(23)24)11-8-17(22)9-12-20/h3-7,10,13H,2,8-9,11-12H2,1H3,(H,23,24)/b10-7+. The van der Waals surface area contributed by atoms with Crippen molar-refractivity contribution in [1.29, 1.82) is 0 Å². The maximum absolute atomic E-state index is 11.7. The number of Topliss-reactive ketones (excluding diaryl/α,β-unsaturated/α-hetero) is 1. The molecule has 3 rings (SSSR count). The maximum atomic E-state index is 11.7.